The van der Waals surface area contributed by atoms with Crippen LogP contribution in [-0.4, -0.2) is 11.9 Å². The van der Waals surface area contributed by atoms with Crippen LogP contribution in [0.1, 0.15) is 47.0 Å². The lowest BCUT2D eigenvalue weighted by Crippen LogP contribution is -2.28. The molecule has 0 atom stereocenters. The maximum absolute atomic E-state index is 11.2. The molecule has 0 unspecified atom stereocenters. The van der Waals surface area contributed by atoms with Crippen molar-refractivity contribution >= 4 is 5.91 Å². The van der Waals surface area contributed by atoms with Crippen LogP contribution < -0.4 is 5.32 Å². The Bertz CT molecular complexity index is 183. The van der Waals surface area contributed by atoms with Crippen LogP contribution in [-0.2, 0) is 4.79 Å². The highest BCUT2D eigenvalue weighted by Crippen LogP contribution is 2.05. The van der Waals surface area contributed by atoms with Crippen LogP contribution in [0.4, 0.5) is 0 Å². The minimum Gasteiger partial charge on any atom is -0.350 e. The van der Waals surface area contributed by atoms with E-state index in [1.54, 1.807) is 6.08 Å². The van der Waals surface area contributed by atoms with Crippen molar-refractivity contribution in [1.29, 1.82) is 0 Å². The molecule has 0 heterocycles. The molecule has 1 N–H and O–H groups in total. The van der Waals surface area contributed by atoms with Crippen molar-refractivity contribution < 1.29 is 4.79 Å². The summed E-state index contributed by atoms with van der Waals surface area (Å²) in [6.45, 7) is 8.09. The molecular formula is C11H21NO. The topological polar surface area (TPSA) is 29.1 Å². The maximum atomic E-state index is 11.2. The van der Waals surface area contributed by atoms with Gasteiger partial charge in [0.15, 0.2) is 0 Å². The van der Waals surface area contributed by atoms with Crippen LogP contribution in [0.5, 0.6) is 0 Å². The molecule has 0 rings (SSSR count). The van der Waals surface area contributed by atoms with Gasteiger partial charge in [-0.1, -0.05) is 18.9 Å². The molecule has 2 nitrogen and oxygen atoms in total. The van der Waals surface area contributed by atoms with Crippen molar-refractivity contribution in [3.8, 4) is 0 Å². The fraction of sp³-hybridized carbons (Fsp3) is 0.727. The lowest BCUT2D eigenvalue weighted by molar-refractivity contribution is -0.117. The molecule has 1 amide bonds. The van der Waals surface area contributed by atoms with Crippen LogP contribution >= 0.6 is 0 Å². The second-order valence-electron chi connectivity index (χ2n) is 3.76. The standard InChI is InChI=1S/C11H21NO/c1-5-6-7-10(4)8-11(13)12-9(2)3/h8-9H,5-7H2,1-4H3,(H,12,13)/b10-8+. The van der Waals surface area contributed by atoms with Gasteiger partial charge in [0, 0.05) is 12.1 Å². The van der Waals surface area contributed by atoms with Crippen molar-refractivity contribution in [3.63, 3.8) is 0 Å². The molecule has 0 fully saturated rings. The fourth-order valence-electron chi connectivity index (χ4n) is 1.08. The summed E-state index contributed by atoms with van der Waals surface area (Å²) in [5.41, 5.74) is 1.17. The van der Waals surface area contributed by atoms with E-state index in [4.69, 9.17) is 0 Å². The summed E-state index contributed by atoms with van der Waals surface area (Å²) < 4.78 is 0. The summed E-state index contributed by atoms with van der Waals surface area (Å²) in [4.78, 5) is 11.2. The molecule has 0 aromatic heterocycles. The second kappa shape index (κ2) is 6.70. The lowest BCUT2D eigenvalue weighted by atomic mass is 10.1. The Morgan fingerprint density at radius 3 is 2.54 bits per heavy atom. The molecular weight excluding hydrogens is 162 g/mol. The third-order valence-electron chi connectivity index (χ3n) is 1.73. The predicted octanol–water partition coefficient (Wildman–Crippen LogP) is 2.65. The summed E-state index contributed by atoms with van der Waals surface area (Å²) in [7, 11) is 0. The van der Waals surface area contributed by atoms with E-state index < -0.39 is 0 Å². The van der Waals surface area contributed by atoms with Crippen molar-refractivity contribution in [2.75, 3.05) is 0 Å². The van der Waals surface area contributed by atoms with E-state index in [2.05, 4.69) is 12.2 Å². The normalized spacial score (nSPS) is 11.9. The van der Waals surface area contributed by atoms with Gasteiger partial charge in [0.1, 0.15) is 0 Å². The van der Waals surface area contributed by atoms with E-state index in [9.17, 15) is 4.79 Å². The highest BCUT2D eigenvalue weighted by molar-refractivity contribution is 5.88. The summed E-state index contributed by atoms with van der Waals surface area (Å²) >= 11 is 0. The maximum Gasteiger partial charge on any atom is 0.244 e. The molecule has 0 aliphatic carbocycles. The molecule has 0 saturated carbocycles. The van der Waals surface area contributed by atoms with Gasteiger partial charge in [-0.25, -0.2) is 0 Å². The van der Waals surface area contributed by atoms with Crippen LogP contribution in [0, 0.1) is 0 Å². The zero-order valence-electron chi connectivity index (χ0n) is 9.18. The zero-order chi connectivity index (χ0) is 10.3. The SMILES string of the molecule is CCCC/C(C)=C/C(=O)NC(C)C. The van der Waals surface area contributed by atoms with Crippen LogP contribution in [0.3, 0.4) is 0 Å². The average molecular weight is 183 g/mol. The number of nitrogens with one attached hydrogen (secondary N) is 1. The van der Waals surface area contributed by atoms with E-state index in [-0.39, 0.29) is 11.9 Å². The third-order valence-corrected chi connectivity index (χ3v) is 1.73. The first-order chi connectivity index (χ1) is 6.06. The Morgan fingerprint density at radius 1 is 1.46 bits per heavy atom. The van der Waals surface area contributed by atoms with Gasteiger partial charge < -0.3 is 5.32 Å². The minimum atomic E-state index is 0.0311. The first kappa shape index (κ1) is 12.2. The second-order valence-corrected chi connectivity index (χ2v) is 3.76. The van der Waals surface area contributed by atoms with Gasteiger partial charge in [0.05, 0.1) is 0 Å². The number of rotatable bonds is 5. The first-order valence-corrected chi connectivity index (χ1v) is 5.04. The molecule has 76 valence electrons. The Hall–Kier alpha value is -0.790. The van der Waals surface area contributed by atoms with Crippen molar-refractivity contribution in [2.45, 2.75) is 53.0 Å². The van der Waals surface area contributed by atoms with Crippen molar-refractivity contribution in [1.82, 2.24) is 5.32 Å². The number of allylic oxidation sites excluding steroid dienone is 1. The summed E-state index contributed by atoms with van der Waals surface area (Å²) in [5, 5.41) is 2.83. The van der Waals surface area contributed by atoms with E-state index >= 15 is 0 Å². The Labute approximate surface area is 81.4 Å². The molecule has 0 aromatic rings. The van der Waals surface area contributed by atoms with Crippen molar-refractivity contribution in [3.05, 3.63) is 11.6 Å². The Kier molecular flexibility index (Phi) is 6.29. The minimum absolute atomic E-state index is 0.0311. The summed E-state index contributed by atoms with van der Waals surface area (Å²) in [5.74, 6) is 0.0311. The molecule has 0 bridgehead atoms. The van der Waals surface area contributed by atoms with Crippen molar-refractivity contribution in [2.24, 2.45) is 0 Å². The number of unbranched alkanes of at least 4 members (excludes halogenated alkanes) is 1. The smallest absolute Gasteiger partial charge is 0.244 e. The molecule has 0 saturated heterocycles. The molecule has 2 heteroatoms. The van der Waals surface area contributed by atoms with Gasteiger partial charge in [0.2, 0.25) is 5.91 Å². The number of hydrogen-bond acceptors (Lipinski definition) is 1. The van der Waals surface area contributed by atoms with Crippen LogP contribution in [0.2, 0.25) is 0 Å². The first-order valence-electron chi connectivity index (χ1n) is 5.04. The van der Waals surface area contributed by atoms with Crippen LogP contribution in [0.25, 0.3) is 0 Å². The zero-order valence-corrected chi connectivity index (χ0v) is 9.18. The highest BCUT2D eigenvalue weighted by atomic mass is 16.1. The van der Waals surface area contributed by atoms with Gasteiger partial charge in [-0.15, -0.1) is 0 Å². The van der Waals surface area contributed by atoms with E-state index in [0.29, 0.717) is 0 Å². The van der Waals surface area contributed by atoms with Gasteiger partial charge in [-0.05, 0) is 33.6 Å². The third kappa shape index (κ3) is 7.57. The molecule has 0 aromatic carbocycles. The molecule has 0 aliphatic heterocycles. The number of carbonyl (C=O) groups excluding carboxylic acids is 1. The van der Waals surface area contributed by atoms with Gasteiger partial charge >= 0.3 is 0 Å². The van der Waals surface area contributed by atoms with Gasteiger partial charge in [0.25, 0.3) is 0 Å². The van der Waals surface area contributed by atoms with Gasteiger partial charge in [-0.2, -0.15) is 0 Å². The molecule has 0 aliphatic rings. The largest absolute Gasteiger partial charge is 0.350 e. The average Bonchev–Trinajstić information content (AvgIpc) is 1.98. The summed E-state index contributed by atoms with van der Waals surface area (Å²) in [6.07, 6.45) is 5.08. The van der Waals surface area contributed by atoms with E-state index in [0.717, 1.165) is 12.8 Å². The Balaban J connectivity index is 3.84. The van der Waals surface area contributed by atoms with Crippen LogP contribution in [0.15, 0.2) is 11.6 Å². The lowest BCUT2D eigenvalue weighted by Gasteiger charge is -2.05. The molecule has 0 spiro atoms. The predicted molar refractivity (Wildman–Crippen MR) is 56.6 cm³/mol. The fourth-order valence-corrected chi connectivity index (χ4v) is 1.08. The molecule has 13 heavy (non-hydrogen) atoms. The quantitative estimate of drug-likeness (QED) is 0.652. The highest BCUT2D eigenvalue weighted by Gasteiger charge is 1.99. The molecule has 0 radical (unpaired) electrons. The van der Waals surface area contributed by atoms with E-state index in [1.165, 1.54) is 12.0 Å². The number of amides is 1. The monoisotopic (exact) mass is 183 g/mol. The Morgan fingerprint density at radius 2 is 2.08 bits per heavy atom. The number of carbonyl (C=O) groups is 1. The van der Waals surface area contributed by atoms with Gasteiger partial charge in [-0.3, -0.25) is 4.79 Å². The number of hydrogen-bond donors (Lipinski definition) is 1. The van der Waals surface area contributed by atoms with E-state index in [1.807, 2.05) is 20.8 Å². The summed E-state index contributed by atoms with van der Waals surface area (Å²) in [6, 6.07) is 0.225.